The van der Waals surface area contributed by atoms with E-state index in [2.05, 4.69) is 5.16 Å². The summed E-state index contributed by atoms with van der Waals surface area (Å²) in [6.45, 7) is 1.10. The molecule has 0 spiro atoms. The summed E-state index contributed by atoms with van der Waals surface area (Å²) in [6, 6.07) is 5.00. The summed E-state index contributed by atoms with van der Waals surface area (Å²) in [6.07, 6.45) is 4.13. The lowest BCUT2D eigenvalue weighted by Crippen LogP contribution is -2.27. The van der Waals surface area contributed by atoms with Gasteiger partial charge in [0.1, 0.15) is 23.8 Å². The molecule has 0 saturated carbocycles. The van der Waals surface area contributed by atoms with Crippen molar-refractivity contribution in [2.75, 3.05) is 20.2 Å². The third kappa shape index (κ3) is 3.96. The summed E-state index contributed by atoms with van der Waals surface area (Å²) < 4.78 is 11.0. The normalized spacial score (nSPS) is 13.4. The van der Waals surface area contributed by atoms with Gasteiger partial charge < -0.3 is 19.9 Å². The number of nitrogens with zero attached hydrogens (tertiary/aromatic N) is 2. The molecule has 2 aromatic rings. The van der Waals surface area contributed by atoms with E-state index in [4.69, 9.17) is 26.6 Å². The SMILES string of the molecule is CN(Cc1noc2c1CCCC2)C(=O)c1cc(Cl)ccc1OCCN. The van der Waals surface area contributed by atoms with Crippen LogP contribution in [0.25, 0.3) is 0 Å². The Hall–Kier alpha value is -2.05. The van der Waals surface area contributed by atoms with Gasteiger partial charge in [0.2, 0.25) is 0 Å². The number of nitrogens with two attached hydrogens (primary N) is 1. The molecule has 134 valence electrons. The highest BCUT2D eigenvalue weighted by molar-refractivity contribution is 6.31. The van der Waals surface area contributed by atoms with E-state index in [1.54, 1.807) is 30.1 Å². The molecule has 0 radical (unpaired) electrons. The molecular weight excluding hydrogens is 342 g/mol. The Balaban J connectivity index is 1.78. The molecule has 1 aromatic carbocycles. The van der Waals surface area contributed by atoms with Crippen LogP contribution in [0.4, 0.5) is 0 Å². The van der Waals surface area contributed by atoms with E-state index < -0.39 is 0 Å². The van der Waals surface area contributed by atoms with Crippen LogP contribution in [-0.4, -0.2) is 36.2 Å². The number of carbonyl (C=O) groups excluding carboxylic acids is 1. The molecule has 7 heteroatoms. The number of aryl methyl sites for hydroxylation is 1. The molecule has 25 heavy (non-hydrogen) atoms. The summed E-state index contributed by atoms with van der Waals surface area (Å²) in [5.74, 6) is 1.26. The summed E-state index contributed by atoms with van der Waals surface area (Å²) in [4.78, 5) is 14.5. The number of amides is 1. The predicted octanol–water partition coefficient (Wildman–Crippen LogP) is 2.82. The summed E-state index contributed by atoms with van der Waals surface area (Å²) in [5.41, 5.74) is 7.88. The van der Waals surface area contributed by atoms with Crippen molar-refractivity contribution in [3.8, 4) is 5.75 Å². The Morgan fingerprint density at radius 1 is 1.40 bits per heavy atom. The van der Waals surface area contributed by atoms with E-state index >= 15 is 0 Å². The Kier molecular flexibility index (Phi) is 5.60. The van der Waals surface area contributed by atoms with Crippen LogP contribution in [0.1, 0.15) is 40.2 Å². The van der Waals surface area contributed by atoms with Crippen LogP contribution in [0.15, 0.2) is 22.7 Å². The van der Waals surface area contributed by atoms with Crippen LogP contribution in [0.2, 0.25) is 5.02 Å². The van der Waals surface area contributed by atoms with E-state index in [0.29, 0.717) is 36.0 Å². The maximum Gasteiger partial charge on any atom is 0.257 e. The van der Waals surface area contributed by atoms with Gasteiger partial charge in [0.05, 0.1) is 12.1 Å². The number of carbonyl (C=O) groups is 1. The van der Waals surface area contributed by atoms with Crippen molar-refractivity contribution in [1.29, 1.82) is 0 Å². The second kappa shape index (κ2) is 7.89. The maximum absolute atomic E-state index is 12.9. The van der Waals surface area contributed by atoms with Crippen molar-refractivity contribution in [2.45, 2.75) is 32.2 Å². The summed E-state index contributed by atoms with van der Waals surface area (Å²) >= 11 is 6.06. The molecule has 1 aliphatic carbocycles. The average Bonchev–Trinajstić information content (AvgIpc) is 3.03. The molecular formula is C18H22ClN3O3. The highest BCUT2D eigenvalue weighted by atomic mass is 35.5. The Labute approximate surface area is 151 Å². The fraction of sp³-hybridized carbons (Fsp3) is 0.444. The minimum Gasteiger partial charge on any atom is -0.491 e. The topological polar surface area (TPSA) is 81.6 Å². The van der Waals surface area contributed by atoms with Crippen LogP contribution in [0, 0.1) is 0 Å². The monoisotopic (exact) mass is 363 g/mol. The second-order valence-electron chi connectivity index (χ2n) is 6.18. The molecule has 1 aliphatic rings. The van der Waals surface area contributed by atoms with E-state index in [0.717, 1.165) is 42.7 Å². The first-order valence-corrected chi connectivity index (χ1v) is 8.82. The van der Waals surface area contributed by atoms with E-state index in [1.165, 1.54) is 0 Å². The first-order valence-electron chi connectivity index (χ1n) is 8.44. The molecule has 3 rings (SSSR count). The first-order chi connectivity index (χ1) is 12.1. The molecule has 6 nitrogen and oxygen atoms in total. The Morgan fingerprint density at radius 2 is 2.20 bits per heavy atom. The van der Waals surface area contributed by atoms with Crippen LogP contribution in [0.5, 0.6) is 5.75 Å². The minimum atomic E-state index is -0.179. The van der Waals surface area contributed by atoms with Gasteiger partial charge in [-0.05, 0) is 37.5 Å². The second-order valence-corrected chi connectivity index (χ2v) is 6.61. The van der Waals surface area contributed by atoms with Gasteiger partial charge in [-0.25, -0.2) is 0 Å². The van der Waals surface area contributed by atoms with Gasteiger partial charge in [0.25, 0.3) is 5.91 Å². The van der Waals surface area contributed by atoms with Gasteiger partial charge >= 0.3 is 0 Å². The van der Waals surface area contributed by atoms with Crippen molar-refractivity contribution in [3.63, 3.8) is 0 Å². The zero-order valence-electron chi connectivity index (χ0n) is 14.3. The lowest BCUT2D eigenvalue weighted by Gasteiger charge is -2.19. The van der Waals surface area contributed by atoms with Gasteiger partial charge in [-0.1, -0.05) is 16.8 Å². The van der Waals surface area contributed by atoms with Crippen LogP contribution in [-0.2, 0) is 19.4 Å². The number of fused-ring (bicyclic) bond motifs is 1. The minimum absolute atomic E-state index is 0.179. The molecule has 0 atom stereocenters. The van der Waals surface area contributed by atoms with Crippen molar-refractivity contribution in [2.24, 2.45) is 5.73 Å². The number of rotatable bonds is 6. The maximum atomic E-state index is 12.9. The smallest absolute Gasteiger partial charge is 0.257 e. The average molecular weight is 364 g/mol. The summed E-state index contributed by atoms with van der Waals surface area (Å²) in [7, 11) is 1.74. The molecule has 1 aromatic heterocycles. The summed E-state index contributed by atoms with van der Waals surface area (Å²) in [5, 5.41) is 4.64. The van der Waals surface area contributed by atoms with Crippen LogP contribution < -0.4 is 10.5 Å². The van der Waals surface area contributed by atoms with Crippen LogP contribution >= 0.6 is 11.6 Å². The Morgan fingerprint density at radius 3 is 3.00 bits per heavy atom. The fourth-order valence-corrected chi connectivity index (χ4v) is 3.21. The molecule has 0 aliphatic heterocycles. The van der Waals surface area contributed by atoms with E-state index in [9.17, 15) is 4.79 Å². The molecule has 0 saturated heterocycles. The van der Waals surface area contributed by atoms with Gasteiger partial charge in [-0.2, -0.15) is 0 Å². The quantitative estimate of drug-likeness (QED) is 0.853. The van der Waals surface area contributed by atoms with Crippen LogP contribution in [0.3, 0.4) is 0 Å². The predicted molar refractivity (Wildman–Crippen MR) is 94.9 cm³/mol. The number of halogens is 1. The number of hydrogen-bond donors (Lipinski definition) is 1. The van der Waals surface area contributed by atoms with Gasteiger partial charge in [-0.3, -0.25) is 4.79 Å². The highest BCUT2D eigenvalue weighted by Crippen LogP contribution is 2.27. The highest BCUT2D eigenvalue weighted by Gasteiger charge is 2.23. The number of aromatic nitrogens is 1. The molecule has 0 bridgehead atoms. The van der Waals surface area contributed by atoms with Gasteiger partial charge in [0.15, 0.2) is 0 Å². The number of ether oxygens (including phenoxy) is 1. The van der Waals surface area contributed by atoms with Crippen molar-refractivity contribution in [3.05, 3.63) is 45.8 Å². The Bertz CT molecular complexity index is 760. The largest absolute Gasteiger partial charge is 0.491 e. The lowest BCUT2D eigenvalue weighted by molar-refractivity contribution is 0.0777. The third-order valence-corrected chi connectivity index (χ3v) is 4.55. The van der Waals surface area contributed by atoms with E-state index in [1.807, 2.05) is 0 Å². The lowest BCUT2D eigenvalue weighted by atomic mass is 9.96. The van der Waals surface area contributed by atoms with Gasteiger partial charge in [0, 0.05) is 30.6 Å². The van der Waals surface area contributed by atoms with E-state index in [-0.39, 0.29) is 5.91 Å². The first kappa shape index (κ1) is 17.8. The molecule has 2 N–H and O–H groups in total. The van der Waals surface area contributed by atoms with Gasteiger partial charge in [-0.15, -0.1) is 0 Å². The van der Waals surface area contributed by atoms with Crippen molar-refractivity contribution < 1.29 is 14.1 Å². The molecule has 1 amide bonds. The van der Waals surface area contributed by atoms with Crippen molar-refractivity contribution >= 4 is 17.5 Å². The van der Waals surface area contributed by atoms with Crippen molar-refractivity contribution in [1.82, 2.24) is 10.1 Å². The molecule has 1 heterocycles. The fourth-order valence-electron chi connectivity index (χ4n) is 3.04. The standard InChI is InChI=1S/C18H22ClN3O3/c1-22(11-15-13-4-2-3-5-17(13)25-21-15)18(23)14-10-12(19)6-7-16(14)24-9-8-20/h6-7,10H,2-5,8-9,11,20H2,1H3. The zero-order valence-corrected chi connectivity index (χ0v) is 15.0. The number of hydrogen-bond acceptors (Lipinski definition) is 5. The number of benzene rings is 1. The molecule has 0 fully saturated rings. The zero-order chi connectivity index (χ0) is 17.8. The molecule has 0 unspecified atom stereocenters. The third-order valence-electron chi connectivity index (χ3n) is 4.31.